The monoisotopic (exact) mass is 286 g/mol. The van der Waals surface area contributed by atoms with Gasteiger partial charge >= 0.3 is 0 Å². The van der Waals surface area contributed by atoms with Crippen molar-refractivity contribution >= 4 is 12.4 Å². The largest absolute Gasteiger partial charge is 0.328 e. The van der Waals surface area contributed by atoms with Crippen molar-refractivity contribution in [2.24, 2.45) is 11.7 Å². The van der Waals surface area contributed by atoms with Crippen LogP contribution in [0.5, 0.6) is 0 Å². The van der Waals surface area contributed by atoms with Crippen LogP contribution in [0.25, 0.3) is 0 Å². The van der Waals surface area contributed by atoms with Gasteiger partial charge in [-0.15, -0.1) is 12.4 Å². The fraction of sp³-hybridized carbons (Fsp3) is 0.600. The van der Waals surface area contributed by atoms with E-state index in [4.69, 9.17) is 5.73 Å². The molecule has 1 aliphatic rings. The fourth-order valence-corrected chi connectivity index (χ4v) is 2.77. The maximum atomic E-state index is 13.9. The number of hydrogen-bond donors (Lipinski definition) is 1. The molecule has 1 aromatic rings. The predicted octanol–water partition coefficient (Wildman–Crippen LogP) is 2.98. The van der Waals surface area contributed by atoms with Gasteiger partial charge in [0.2, 0.25) is 0 Å². The van der Waals surface area contributed by atoms with Crippen molar-refractivity contribution in [1.29, 1.82) is 0 Å². The number of rotatable bonds is 4. The van der Waals surface area contributed by atoms with E-state index in [1.807, 2.05) is 6.07 Å². The molecule has 2 unspecified atom stereocenters. The summed E-state index contributed by atoms with van der Waals surface area (Å²) in [6, 6.07) is 5.62. The minimum atomic E-state index is -0.0707. The molecular weight excluding hydrogens is 263 g/mol. The molecule has 108 valence electrons. The molecule has 2 atom stereocenters. The summed E-state index contributed by atoms with van der Waals surface area (Å²) in [5, 5.41) is 0. The zero-order valence-corrected chi connectivity index (χ0v) is 12.5. The summed E-state index contributed by atoms with van der Waals surface area (Å²) in [6.45, 7) is 6.89. The molecule has 2 rings (SSSR count). The average Bonchev–Trinajstić information content (AvgIpc) is 2.80. The number of hydrogen-bond acceptors (Lipinski definition) is 2. The van der Waals surface area contributed by atoms with Gasteiger partial charge < -0.3 is 5.73 Å². The first-order valence-electron chi connectivity index (χ1n) is 6.86. The Bertz CT molecular complexity index is 409. The second-order valence-corrected chi connectivity index (χ2v) is 5.37. The first kappa shape index (κ1) is 16.4. The van der Waals surface area contributed by atoms with Gasteiger partial charge in [0.15, 0.2) is 0 Å². The number of aryl methyl sites for hydroxylation is 1. The summed E-state index contributed by atoms with van der Waals surface area (Å²) in [5.74, 6) is 0.487. The molecule has 1 aromatic carbocycles. The average molecular weight is 287 g/mol. The van der Waals surface area contributed by atoms with Gasteiger partial charge in [0.25, 0.3) is 0 Å². The highest BCUT2D eigenvalue weighted by Gasteiger charge is 2.26. The number of nitrogens with zero attached hydrogens (tertiary/aromatic N) is 1. The predicted molar refractivity (Wildman–Crippen MR) is 80.1 cm³/mol. The van der Waals surface area contributed by atoms with E-state index >= 15 is 0 Å². The van der Waals surface area contributed by atoms with Gasteiger partial charge in [0.05, 0.1) is 0 Å². The lowest BCUT2D eigenvalue weighted by molar-refractivity contribution is 0.303. The van der Waals surface area contributed by atoms with Crippen LogP contribution in [0.3, 0.4) is 0 Å². The Balaban J connectivity index is 0.00000180. The molecule has 0 amide bonds. The molecule has 1 aliphatic heterocycles. The molecule has 1 heterocycles. The van der Waals surface area contributed by atoms with Crippen LogP contribution >= 0.6 is 12.4 Å². The Morgan fingerprint density at radius 3 is 2.79 bits per heavy atom. The van der Waals surface area contributed by atoms with E-state index in [2.05, 4.69) is 18.7 Å². The van der Waals surface area contributed by atoms with Crippen LogP contribution in [0.4, 0.5) is 4.39 Å². The molecule has 0 spiro atoms. The highest BCUT2D eigenvalue weighted by atomic mass is 35.5. The number of benzene rings is 1. The second kappa shape index (κ2) is 7.22. The molecule has 0 aliphatic carbocycles. The fourth-order valence-electron chi connectivity index (χ4n) is 2.77. The molecule has 4 heteroatoms. The molecule has 2 nitrogen and oxygen atoms in total. The number of likely N-dealkylation sites (tertiary alicyclic amines) is 1. The molecule has 0 bridgehead atoms. The van der Waals surface area contributed by atoms with Crippen LogP contribution in [-0.2, 0) is 13.0 Å². The Morgan fingerprint density at radius 1 is 1.47 bits per heavy atom. The smallest absolute Gasteiger partial charge is 0.127 e. The molecule has 0 saturated carbocycles. The van der Waals surface area contributed by atoms with Gasteiger partial charge in [0.1, 0.15) is 5.82 Å². The van der Waals surface area contributed by atoms with E-state index in [0.717, 1.165) is 43.6 Å². The van der Waals surface area contributed by atoms with Crippen LogP contribution in [0.15, 0.2) is 18.2 Å². The van der Waals surface area contributed by atoms with E-state index in [-0.39, 0.29) is 24.3 Å². The van der Waals surface area contributed by atoms with Gasteiger partial charge in [-0.2, -0.15) is 0 Å². The van der Waals surface area contributed by atoms with E-state index < -0.39 is 0 Å². The lowest BCUT2D eigenvalue weighted by Gasteiger charge is -2.19. The summed E-state index contributed by atoms with van der Waals surface area (Å²) in [6.07, 6.45) is 2.02. The Labute approximate surface area is 121 Å². The normalized spacial score (nSPS) is 21.2. The summed E-state index contributed by atoms with van der Waals surface area (Å²) in [5.41, 5.74) is 7.93. The Kier molecular flexibility index (Phi) is 6.24. The highest BCUT2D eigenvalue weighted by molar-refractivity contribution is 5.85. The summed E-state index contributed by atoms with van der Waals surface area (Å²) in [7, 11) is 0. The third-order valence-electron chi connectivity index (χ3n) is 4.03. The maximum absolute atomic E-state index is 13.9. The van der Waals surface area contributed by atoms with Crippen LogP contribution in [0.2, 0.25) is 0 Å². The van der Waals surface area contributed by atoms with Gasteiger partial charge in [-0.05, 0) is 43.9 Å². The molecule has 19 heavy (non-hydrogen) atoms. The summed E-state index contributed by atoms with van der Waals surface area (Å²) in [4.78, 5) is 2.33. The second-order valence-electron chi connectivity index (χ2n) is 5.37. The third kappa shape index (κ3) is 3.91. The molecule has 0 radical (unpaired) electrons. The van der Waals surface area contributed by atoms with Gasteiger partial charge in [0, 0.05) is 24.7 Å². The van der Waals surface area contributed by atoms with Gasteiger partial charge in [-0.3, -0.25) is 4.90 Å². The third-order valence-corrected chi connectivity index (χ3v) is 4.03. The van der Waals surface area contributed by atoms with Crippen molar-refractivity contribution in [3.63, 3.8) is 0 Å². The van der Waals surface area contributed by atoms with Crippen molar-refractivity contribution in [3.05, 3.63) is 35.1 Å². The maximum Gasteiger partial charge on any atom is 0.127 e. The Morgan fingerprint density at radius 2 is 2.21 bits per heavy atom. The van der Waals surface area contributed by atoms with Crippen LogP contribution in [-0.4, -0.2) is 24.0 Å². The van der Waals surface area contributed by atoms with Crippen molar-refractivity contribution < 1.29 is 4.39 Å². The zero-order chi connectivity index (χ0) is 13.1. The number of nitrogens with two attached hydrogens (primary N) is 1. The summed E-state index contributed by atoms with van der Waals surface area (Å²) >= 11 is 0. The first-order chi connectivity index (χ1) is 8.61. The molecular formula is C15H24ClFN2. The molecule has 1 fully saturated rings. The van der Waals surface area contributed by atoms with Crippen LogP contribution < -0.4 is 5.73 Å². The quantitative estimate of drug-likeness (QED) is 0.922. The van der Waals surface area contributed by atoms with E-state index in [1.54, 1.807) is 12.1 Å². The topological polar surface area (TPSA) is 29.3 Å². The standard InChI is InChI=1S/C15H23FN2.ClH/c1-3-12-5-4-6-15(16)14(12)10-18-8-7-13(9-18)11(2)17;/h4-6,11,13H,3,7-10,17H2,1-2H3;1H. The van der Waals surface area contributed by atoms with E-state index in [1.165, 1.54) is 0 Å². The van der Waals surface area contributed by atoms with Gasteiger partial charge in [-0.1, -0.05) is 19.1 Å². The first-order valence-corrected chi connectivity index (χ1v) is 6.86. The molecule has 2 N–H and O–H groups in total. The van der Waals surface area contributed by atoms with Gasteiger partial charge in [-0.25, -0.2) is 4.39 Å². The molecule has 0 aromatic heterocycles. The van der Waals surface area contributed by atoms with Crippen LogP contribution in [0.1, 0.15) is 31.4 Å². The van der Waals surface area contributed by atoms with E-state index in [0.29, 0.717) is 5.92 Å². The molecule has 1 saturated heterocycles. The Hall–Kier alpha value is -0.640. The summed E-state index contributed by atoms with van der Waals surface area (Å²) < 4.78 is 13.9. The highest BCUT2D eigenvalue weighted by Crippen LogP contribution is 2.23. The van der Waals surface area contributed by atoms with Crippen molar-refractivity contribution in [2.75, 3.05) is 13.1 Å². The number of halogens is 2. The van der Waals surface area contributed by atoms with Crippen molar-refractivity contribution in [2.45, 2.75) is 39.3 Å². The lowest BCUT2D eigenvalue weighted by Crippen LogP contribution is -2.29. The minimum absolute atomic E-state index is 0. The van der Waals surface area contributed by atoms with Crippen molar-refractivity contribution in [1.82, 2.24) is 4.90 Å². The van der Waals surface area contributed by atoms with E-state index in [9.17, 15) is 4.39 Å². The van der Waals surface area contributed by atoms with Crippen LogP contribution in [0, 0.1) is 11.7 Å². The minimum Gasteiger partial charge on any atom is -0.328 e. The SMILES string of the molecule is CCc1cccc(F)c1CN1CCC(C(C)N)C1.Cl. The van der Waals surface area contributed by atoms with Crippen molar-refractivity contribution in [3.8, 4) is 0 Å². The lowest BCUT2D eigenvalue weighted by atomic mass is 10.0. The zero-order valence-electron chi connectivity index (χ0n) is 11.7.